The highest BCUT2D eigenvalue weighted by Gasteiger charge is 2.24. The van der Waals surface area contributed by atoms with Crippen LogP contribution in [0.15, 0.2) is 17.0 Å². The van der Waals surface area contributed by atoms with Crippen molar-refractivity contribution in [1.29, 1.82) is 0 Å². The van der Waals surface area contributed by atoms with Crippen molar-refractivity contribution in [1.82, 2.24) is 0 Å². The van der Waals surface area contributed by atoms with Crippen molar-refractivity contribution < 1.29 is 28.5 Å². The molecule has 0 radical (unpaired) electrons. The first kappa shape index (κ1) is 15.9. The first-order valence-corrected chi connectivity index (χ1v) is 7.27. The van der Waals surface area contributed by atoms with Crippen LogP contribution in [0.4, 0.5) is 0 Å². The third-order valence-electron chi connectivity index (χ3n) is 2.51. The molecule has 3 N–H and O–H groups in total. The van der Waals surface area contributed by atoms with Gasteiger partial charge in [-0.3, -0.25) is 0 Å². The Balaban J connectivity index is 3.39. The zero-order valence-electron chi connectivity index (χ0n) is 10.00. The van der Waals surface area contributed by atoms with Gasteiger partial charge < -0.3 is 15.3 Å². The van der Waals surface area contributed by atoms with Gasteiger partial charge in [0.05, 0.1) is 28.9 Å². The Morgan fingerprint density at radius 2 is 2.00 bits per heavy atom. The lowest BCUT2D eigenvalue weighted by molar-refractivity contribution is 0.0696. The van der Waals surface area contributed by atoms with Crippen molar-refractivity contribution in [3.63, 3.8) is 0 Å². The zero-order valence-corrected chi connectivity index (χ0v) is 11.6. The number of carboxylic acid groups (broad SMARTS) is 1. The van der Waals surface area contributed by atoms with Gasteiger partial charge in [0.15, 0.2) is 9.84 Å². The summed E-state index contributed by atoms with van der Waals surface area (Å²) in [5, 5.41) is 26.8. The fraction of sp³-hybridized carbons (Fsp3) is 0.364. The van der Waals surface area contributed by atoms with Crippen molar-refractivity contribution in [2.75, 3.05) is 12.4 Å². The van der Waals surface area contributed by atoms with Crippen LogP contribution in [0.2, 0.25) is 5.02 Å². The minimum absolute atomic E-state index is 0.0277. The van der Waals surface area contributed by atoms with Crippen LogP contribution in [-0.2, 0) is 9.84 Å². The first-order valence-electron chi connectivity index (χ1n) is 5.24. The van der Waals surface area contributed by atoms with Crippen LogP contribution in [0, 0.1) is 6.92 Å². The largest absolute Gasteiger partial charge is 0.478 e. The van der Waals surface area contributed by atoms with Crippen LogP contribution >= 0.6 is 11.6 Å². The average Bonchev–Trinajstić information content (AvgIpc) is 2.30. The second-order valence-electron chi connectivity index (χ2n) is 4.00. The van der Waals surface area contributed by atoms with E-state index in [1.807, 2.05) is 0 Å². The van der Waals surface area contributed by atoms with Crippen LogP contribution in [0.5, 0.6) is 0 Å². The Bertz CT molecular complexity index is 595. The lowest BCUT2D eigenvalue weighted by atomic mass is 10.1. The molecule has 0 aliphatic heterocycles. The molecule has 0 heterocycles. The summed E-state index contributed by atoms with van der Waals surface area (Å²) in [6.07, 6.45) is -1.43. The number of aliphatic hydroxyl groups is 2. The Morgan fingerprint density at radius 3 is 2.47 bits per heavy atom. The fourth-order valence-electron chi connectivity index (χ4n) is 1.59. The van der Waals surface area contributed by atoms with Gasteiger partial charge in [0.2, 0.25) is 0 Å². The van der Waals surface area contributed by atoms with Gasteiger partial charge in [-0.05, 0) is 24.6 Å². The summed E-state index contributed by atoms with van der Waals surface area (Å²) < 4.78 is 24.1. The Kier molecular flexibility index (Phi) is 4.92. The standard InChI is InChI=1S/C11H13ClO6S/c1-6-9(11(15)16)2-7(12)3-10(6)19(17,18)5-8(14)4-13/h2-3,8,13-14H,4-5H2,1H3,(H,15,16). The number of rotatable bonds is 5. The molecule has 0 aliphatic carbocycles. The summed E-state index contributed by atoms with van der Waals surface area (Å²) in [5.74, 6) is -2.00. The van der Waals surface area contributed by atoms with Crippen LogP contribution in [0.3, 0.4) is 0 Å². The molecular weight excluding hydrogens is 296 g/mol. The number of sulfone groups is 1. The van der Waals surface area contributed by atoms with E-state index < -0.39 is 34.3 Å². The van der Waals surface area contributed by atoms with E-state index in [9.17, 15) is 18.3 Å². The zero-order chi connectivity index (χ0) is 14.8. The van der Waals surface area contributed by atoms with Gasteiger partial charge in [-0.2, -0.15) is 0 Å². The summed E-state index contributed by atoms with van der Waals surface area (Å²) in [6.45, 7) is 0.641. The molecule has 0 amide bonds. The van der Waals surface area contributed by atoms with Crippen LogP contribution in [0.25, 0.3) is 0 Å². The van der Waals surface area contributed by atoms with E-state index in [2.05, 4.69) is 0 Å². The lowest BCUT2D eigenvalue weighted by Crippen LogP contribution is -2.25. The normalized spacial score (nSPS) is 13.3. The van der Waals surface area contributed by atoms with Gasteiger partial charge in [-0.1, -0.05) is 11.6 Å². The molecule has 0 aromatic heterocycles. The third-order valence-corrected chi connectivity index (χ3v) is 4.65. The summed E-state index contributed by atoms with van der Waals surface area (Å²) >= 11 is 5.70. The summed E-state index contributed by atoms with van der Waals surface area (Å²) in [6, 6.07) is 2.28. The molecule has 1 rings (SSSR count). The summed E-state index contributed by atoms with van der Waals surface area (Å²) in [5.41, 5.74) is -0.174. The van der Waals surface area contributed by atoms with Crippen molar-refractivity contribution in [2.24, 2.45) is 0 Å². The average molecular weight is 309 g/mol. The van der Waals surface area contributed by atoms with Gasteiger partial charge in [0.1, 0.15) is 0 Å². The van der Waals surface area contributed by atoms with Gasteiger partial charge in [0, 0.05) is 5.02 Å². The van der Waals surface area contributed by atoms with Crippen molar-refractivity contribution in [3.8, 4) is 0 Å². The van der Waals surface area contributed by atoms with E-state index in [0.717, 1.165) is 12.1 Å². The molecule has 0 saturated heterocycles. The predicted octanol–water partition coefficient (Wildman–Crippen LogP) is 0.474. The number of hydrogen-bond acceptors (Lipinski definition) is 5. The molecule has 0 fully saturated rings. The predicted molar refractivity (Wildman–Crippen MR) is 68.3 cm³/mol. The number of carboxylic acids is 1. The molecule has 1 aromatic rings. The molecular formula is C11H13ClO6S. The van der Waals surface area contributed by atoms with Crippen molar-refractivity contribution >= 4 is 27.4 Å². The SMILES string of the molecule is Cc1c(C(=O)O)cc(Cl)cc1S(=O)(=O)CC(O)CO. The number of aliphatic hydroxyl groups excluding tert-OH is 2. The molecule has 1 unspecified atom stereocenters. The number of carbonyl (C=O) groups is 1. The number of aromatic carboxylic acids is 1. The maximum Gasteiger partial charge on any atom is 0.336 e. The van der Waals surface area contributed by atoms with E-state index in [4.69, 9.17) is 21.8 Å². The summed E-state index contributed by atoms with van der Waals surface area (Å²) in [7, 11) is -3.94. The Morgan fingerprint density at radius 1 is 1.42 bits per heavy atom. The van der Waals surface area contributed by atoms with Gasteiger partial charge in [-0.25, -0.2) is 13.2 Å². The maximum absolute atomic E-state index is 12.0. The van der Waals surface area contributed by atoms with Gasteiger partial charge in [0.25, 0.3) is 0 Å². The quantitative estimate of drug-likeness (QED) is 0.729. The number of halogens is 1. The molecule has 1 aromatic carbocycles. The van der Waals surface area contributed by atoms with Crippen LogP contribution in [0.1, 0.15) is 15.9 Å². The van der Waals surface area contributed by atoms with Crippen LogP contribution < -0.4 is 0 Å². The molecule has 0 spiro atoms. The van der Waals surface area contributed by atoms with E-state index >= 15 is 0 Å². The number of hydrogen-bond donors (Lipinski definition) is 3. The monoisotopic (exact) mass is 308 g/mol. The summed E-state index contributed by atoms with van der Waals surface area (Å²) in [4.78, 5) is 10.7. The van der Waals surface area contributed by atoms with E-state index in [1.54, 1.807) is 0 Å². The maximum atomic E-state index is 12.0. The van der Waals surface area contributed by atoms with Gasteiger partial charge in [-0.15, -0.1) is 0 Å². The topological polar surface area (TPSA) is 112 Å². The molecule has 19 heavy (non-hydrogen) atoms. The molecule has 1 atom stereocenters. The number of benzene rings is 1. The minimum Gasteiger partial charge on any atom is -0.478 e. The van der Waals surface area contributed by atoms with E-state index in [0.29, 0.717) is 0 Å². The highest BCUT2D eigenvalue weighted by molar-refractivity contribution is 7.91. The minimum atomic E-state index is -3.94. The Hall–Kier alpha value is -1.15. The van der Waals surface area contributed by atoms with Gasteiger partial charge >= 0.3 is 5.97 Å². The molecule has 106 valence electrons. The van der Waals surface area contributed by atoms with E-state index in [-0.39, 0.29) is 21.0 Å². The third kappa shape index (κ3) is 3.66. The van der Waals surface area contributed by atoms with Crippen molar-refractivity contribution in [2.45, 2.75) is 17.9 Å². The molecule has 0 bridgehead atoms. The first-order chi connectivity index (χ1) is 8.69. The fourth-order valence-corrected chi connectivity index (χ4v) is 3.55. The highest BCUT2D eigenvalue weighted by atomic mass is 35.5. The second kappa shape index (κ2) is 5.87. The molecule has 0 aliphatic rings. The molecule has 8 heteroatoms. The van der Waals surface area contributed by atoms with Crippen molar-refractivity contribution in [3.05, 3.63) is 28.3 Å². The van der Waals surface area contributed by atoms with E-state index in [1.165, 1.54) is 6.92 Å². The highest BCUT2D eigenvalue weighted by Crippen LogP contribution is 2.25. The smallest absolute Gasteiger partial charge is 0.336 e. The second-order valence-corrected chi connectivity index (χ2v) is 6.44. The molecule has 0 saturated carbocycles. The molecule has 6 nitrogen and oxygen atoms in total. The lowest BCUT2D eigenvalue weighted by Gasteiger charge is -2.12. The van der Waals surface area contributed by atoms with Crippen LogP contribution in [-0.4, -0.2) is 48.2 Å². The Labute approximate surface area is 115 Å².